The smallest absolute Gasteiger partial charge is 0.303 e. The van der Waals surface area contributed by atoms with Crippen LogP contribution in [-0.4, -0.2) is 16.9 Å². The lowest BCUT2D eigenvalue weighted by atomic mass is 10.1. The Bertz CT molecular complexity index is 140. The van der Waals surface area contributed by atoms with Crippen molar-refractivity contribution in [3.63, 3.8) is 0 Å². The summed E-state index contributed by atoms with van der Waals surface area (Å²) in [6.07, 6.45) is 2.55. The lowest BCUT2D eigenvalue weighted by Gasteiger charge is -1.95. The Morgan fingerprint density at radius 3 is 2.27 bits per heavy atom. The van der Waals surface area contributed by atoms with Gasteiger partial charge >= 0.3 is 5.97 Å². The van der Waals surface area contributed by atoms with Crippen molar-refractivity contribution < 1.29 is 14.7 Å². The van der Waals surface area contributed by atoms with E-state index in [4.69, 9.17) is 5.11 Å². The molecule has 0 radical (unpaired) electrons. The minimum Gasteiger partial charge on any atom is -0.481 e. The van der Waals surface area contributed by atoms with E-state index in [9.17, 15) is 9.59 Å². The van der Waals surface area contributed by atoms with E-state index in [1.165, 1.54) is 0 Å². The summed E-state index contributed by atoms with van der Waals surface area (Å²) >= 11 is 0. The number of Topliss-reactive ketones (excluding diaryl/α,β-unsaturated/α-hetero) is 1. The summed E-state index contributed by atoms with van der Waals surface area (Å²) in [5.74, 6) is -0.830. The molecule has 0 saturated carbocycles. The maximum Gasteiger partial charge on any atom is 0.303 e. The highest BCUT2D eigenvalue weighted by atomic mass is 16.4. The average Bonchev–Trinajstić information content (AvgIpc) is 1.97. The van der Waals surface area contributed by atoms with E-state index < -0.39 is 5.97 Å². The molecule has 0 saturated heterocycles. The molecule has 3 heteroatoms. The maximum absolute atomic E-state index is 10.8. The second-order valence-corrected chi connectivity index (χ2v) is 2.54. The predicted molar refractivity (Wildman–Crippen MR) is 41.4 cm³/mol. The van der Waals surface area contributed by atoms with Crippen molar-refractivity contribution in [3.05, 3.63) is 0 Å². The highest BCUT2D eigenvalue weighted by Gasteiger charge is 2.03. The van der Waals surface area contributed by atoms with Gasteiger partial charge < -0.3 is 5.11 Å². The summed E-state index contributed by atoms with van der Waals surface area (Å²) in [6, 6.07) is 0. The number of aliphatic carboxylic acids is 1. The van der Waals surface area contributed by atoms with Crippen molar-refractivity contribution in [1.29, 1.82) is 0 Å². The Hall–Kier alpha value is -0.860. The zero-order valence-corrected chi connectivity index (χ0v) is 6.80. The summed E-state index contributed by atoms with van der Waals surface area (Å²) in [4.78, 5) is 20.9. The van der Waals surface area contributed by atoms with Gasteiger partial charge in [0.25, 0.3) is 0 Å². The molecule has 0 aliphatic heterocycles. The van der Waals surface area contributed by atoms with Crippen molar-refractivity contribution in [2.45, 2.75) is 39.0 Å². The Balaban J connectivity index is 3.30. The second kappa shape index (κ2) is 5.89. The maximum atomic E-state index is 10.8. The van der Waals surface area contributed by atoms with Gasteiger partial charge in [-0.15, -0.1) is 0 Å². The van der Waals surface area contributed by atoms with Crippen molar-refractivity contribution in [2.24, 2.45) is 0 Å². The van der Waals surface area contributed by atoms with Gasteiger partial charge in [-0.25, -0.2) is 0 Å². The van der Waals surface area contributed by atoms with Crippen LogP contribution in [0.2, 0.25) is 0 Å². The van der Waals surface area contributed by atoms with Crippen LogP contribution in [0.3, 0.4) is 0 Å². The molecular formula is C8H14O3. The molecule has 0 aliphatic carbocycles. The van der Waals surface area contributed by atoms with E-state index in [-0.39, 0.29) is 18.6 Å². The van der Waals surface area contributed by atoms with Gasteiger partial charge in [0.2, 0.25) is 0 Å². The first-order valence-electron chi connectivity index (χ1n) is 3.90. The first-order valence-corrected chi connectivity index (χ1v) is 3.90. The standard InChI is InChI=1S/C8H14O3/c1-2-3-4-7(9)5-6-8(10)11/h2-6H2,1H3,(H,10,11). The topological polar surface area (TPSA) is 54.4 Å². The first-order chi connectivity index (χ1) is 5.16. The van der Waals surface area contributed by atoms with Crippen LogP contribution in [0.1, 0.15) is 39.0 Å². The molecule has 0 amide bonds. The van der Waals surface area contributed by atoms with Crippen molar-refractivity contribution >= 4 is 11.8 Å². The van der Waals surface area contributed by atoms with Crippen LogP contribution in [0, 0.1) is 0 Å². The fourth-order valence-corrected chi connectivity index (χ4v) is 0.745. The van der Waals surface area contributed by atoms with Gasteiger partial charge in [-0.3, -0.25) is 9.59 Å². The number of unbranched alkanes of at least 4 members (excludes halogenated alkanes) is 1. The summed E-state index contributed by atoms with van der Waals surface area (Å²) in [5.41, 5.74) is 0. The fraction of sp³-hybridized carbons (Fsp3) is 0.750. The van der Waals surface area contributed by atoms with Crippen LogP contribution in [0.5, 0.6) is 0 Å². The Labute approximate surface area is 66.4 Å². The van der Waals surface area contributed by atoms with Crippen LogP contribution in [-0.2, 0) is 9.59 Å². The van der Waals surface area contributed by atoms with Crippen LogP contribution in [0.4, 0.5) is 0 Å². The van der Waals surface area contributed by atoms with Crippen molar-refractivity contribution in [2.75, 3.05) is 0 Å². The summed E-state index contributed by atoms with van der Waals surface area (Å²) in [7, 11) is 0. The Morgan fingerprint density at radius 2 is 1.82 bits per heavy atom. The van der Waals surface area contributed by atoms with Crippen LogP contribution < -0.4 is 0 Å². The molecule has 0 aliphatic rings. The van der Waals surface area contributed by atoms with E-state index in [1.54, 1.807) is 0 Å². The van der Waals surface area contributed by atoms with Crippen molar-refractivity contribution in [3.8, 4) is 0 Å². The number of carboxylic acid groups (broad SMARTS) is 1. The molecule has 0 rings (SSSR count). The predicted octanol–water partition coefficient (Wildman–Crippen LogP) is 1.61. The van der Waals surface area contributed by atoms with Gasteiger partial charge in [-0.1, -0.05) is 13.3 Å². The minimum atomic E-state index is -0.894. The number of carbonyl (C=O) groups excluding carboxylic acids is 1. The van der Waals surface area contributed by atoms with Gasteiger partial charge in [0, 0.05) is 12.8 Å². The largest absolute Gasteiger partial charge is 0.481 e. The first kappa shape index (κ1) is 10.1. The number of rotatable bonds is 6. The molecule has 0 aromatic carbocycles. The zero-order chi connectivity index (χ0) is 8.69. The third-order valence-corrected chi connectivity index (χ3v) is 1.43. The molecule has 11 heavy (non-hydrogen) atoms. The highest BCUT2D eigenvalue weighted by molar-refractivity contribution is 5.82. The number of ketones is 1. The molecule has 0 heterocycles. The molecule has 0 fully saturated rings. The van der Waals surface area contributed by atoms with Crippen molar-refractivity contribution in [1.82, 2.24) is 0 Å². The van der Waals surface area contributed by atoms with Gasteiger partial charge in [-0.05, 0) is 6.42 Å². The lowest BCUT2D eigenvalue weighted by molar-refractivity contribution is -0.138. The quantitative estimate of drug-likeness (QED) is 0.638. The molecule has 1 N–H and O–H groups in total. The van der Waals surface area contributed by atoms with E-state index in [0.717, 1.165) is 12.8 Å². The monoisotopic (exact) mass is 158 g/mol. The summed E-state index contributed by atoms with van der Waals surface area (Å²) in [6.45, 7) is 2.00. The van der Waals surface area contributed by atoms with Gasteiger partial charge in [-0.2, -0.15) is 0 Å². The molecule has 0 aromatic rings. The molecule has 0 unspecified atom stereocenters. The van der Waals surface area contributed by atoms with Gasteiger partial charge in [0.1, 0.15) is 5.78 Å². The Kier molecular flexibility index (Phi) is 5.43. The number of carbonyl (C=O) groups is 2. The van der Waals surface area contributed by atoms with Gasteiger partial charge in [0.15, 0.2) is 0 Å². The lowest BCUT2D eigenvalue weighted by Crippen LogP contribution is -2.02. The third kappa shape index (κ3) is 7.03. The van der Waals surface area contributed by atoms with E-state index in [2.05, 4.69) is 0 Å². The van der Waals surface area contributed by atoms with E-state index in [1.807, 2.05) is 6.92 Å². The van der Waals surface area contributed by atoms with E-state index in [0.29, 0.717) is 6.42 Å². The molecule has 0 bridgehead atoms. The van der Waals surface area contributed by atoms with Crippen LogP contribution >= 0.6 is 0 Å². The number of carboxylic acids is 1. The van der Waals surface area contributed by atoms with Crippen LogP contribution in [0.25, 0.3) is 0 Å². The minimum absolute atomic E-state index is 0.0253. The summed E-state index contributed by atoms with van der Waals surface area (Å²) < 4.78 is 0. The second-order valence-electron chi connectivity index (χ2n) is 2.54. The zero-order valence-electron chi connectivity index (χ0n) is 6.80. The Morgan fingerprint density at radius 1 is 1.18 bits per heavy atom. The summed E-state index contributed by atoms with van der Waals surface area (Å²) in [5, 5.41) is 8.24. The van der Waals surface area contributed by atoms with Gasteiger partial charge in [0.05, 0.1) is 6.42 Å². The highest BCUT2D eigenvalue weighted by Crippen LogP contribution is 2.00. The fourth-order valence-electron chi connectivity index (χ4n) is 0.745. The number of hydrogen-bond acceptors (Lipinski definition) is 2. The normalized spacial score (nSPS) is 9.55. The molecule has 0 aromatic heterocycles. The van der Waals surface area contributed by atoms with E-state index >= 15 is 0 Å². The van der Waals surface area contributed by atoms with Crippen LogP contribution in [0.15, 0.2) is 0 Å². The molecule has 0 atom stereocenters. The SMILES string of the molecule is CCCCC(=O)CCC(=O)O. The molecule has 3 nitrogen and oxygen atoms in total. The number of hydrogen-bond donors (Lipinski definition) is 1. The molecular weight excluding hydrogens is 144 g/mol. The molecule has 0 spiro atoms. The average molecular weight is 158 g/mol. The third-order valence-electron chi connectivity index (χ3n) is 1.43. The molecule has 64 valence electrons.